The fourth-order valence-corrected chi connectivity index (χ4v) is 5.33. The predicted octanol–water partition coefficient (Wildman–Crippen LogP) is 4.01. The summed E-state index contributed by atoms with van der Waals surface area (Å²) in [6.45, 7) is 4.38. The first-order chi connectivity index (χ1) is 8.99. The molecular formula is C14H18ClFOS2. The number of aliphatic hydroxyl groups is 1. The Labute approximate surface area is 127 Å². The maximum absolute atomic E-state index is 13.7. The van der Waals surface area contributed by atoms with Gasteiger partial charge >= 0.3 is 0 Å². The Kier molecular flexibility index (Phi) is 5.46. The molecule has 1 saturated heterocycles. The summed E-state index contributed by atoms with van der Waals surface area (Å²) in [4.78, 5) is 0. The number of hydrogen-bond acceptors (Lipinski definition) is 3. The van der Waals surface area contributed by atoms with Gasteiger partial charge in [-0.05, 0) is 12.1 Å². The Hall–Kier alpha value is 0.1000. The van der Waals surface area contributed by atoms with E-state index in [2.05, 4.69) is 13.8 Å². The lowest BCUT2D eigenvalue weighted by atomic mass is 10.1. The molecule has 4 unspecified atom stereocenters. The first-order valence-corrected chi connectivity index (χ1v) is 8.74. The van der Waals surface area contributed by atoms with Crippen LogP contribution in [0.4, 0.5) is 4.39 Å². The predicted molar refractivity (Wildman–Crippen MR) is 83.9 cm³/mol. The zero-order valence-electron chi connectivity index (χ0n) is 11.0. The quantitative estimate of drug-likeness (QED) is 0.908. The van der Waals surface area contributed by atoms with Crippen molar-refractivity contribution in [3.63, 3.8) is 0 Å². The highest BCUT2D eigenvalue weighted by atomic mass is 35.5. The second kappa shape index (κ2) is 6.70. The zero-order valence-corrected chi connectivity index (χ0v) is 13.4. The fourth-order valence-electron chi connectivity index (χ4n) is 2.08. The highest BCUT2D eigenvalue weighted by molar-refractivity contribution is 8.07. The normalized spacial score (nSPS) is 29.2. The number of thioether (sulfide) groups is 2. The van der Waals surface area contributed by atoms with Crippen LogP contribution < -0.4 is 0 Å². The molecule has 0 radical (unpaired) electrons. The van der Waals surface area contributed by atoms with Crippen molar-refractivity contribution < 1.29 is 9.50 Å². The number of benzene rings is 1. The largest absolute Gasteiger partial charge is 0.392 e. The maximum atomic E-state index is 13.7. The van der Waals surface area contributed by atoms with Crippen LogP contribution in [0.15, 0.2) is 18.2 Å². The summed E-state index contributed by atoms with van der Waals surface area (Å²) in [5, 5.41) is 12.0. The number of rotatable bonds is 3. The Morgan fingerprint density at radius 1 is 1.42 bits per heavy atom. The highest BCUT2D eigenvalue weighted by Crippen LogP contribution is 2.38. The van der Waals surface area contributed by atoms with Crippen molar-refractivity contribution in [1.29, 1.82) is 0 Å². The van der Waals surface area contributed by atoms with E-state index in [0.717, 1.165) is 5.75 Å². The summed E-state index contributed by atoms with van der Waals surface area (Å²) >= 11 is 9.67. The molecule has 19 heavy (non-hydrogen) atoms. The van der Waals surface area contributed by atoms with E-state index in [4.69, 9.17) is 11.6 Å². The van der Waals surface area contributed by atoms with E-state index in [9.17, 15) is 9.50 Å². The van der Waals surface area contributed by atoms with Gasteiger partial charge in [0.15, 0.2) is 0 Å². The third-order valence-electron chi connectivity index (χ3n) is 3.48. The van der Waals surface area contributed by atoms with Gasteiger partial charge < -0.3 is 5.11 Å². The van der Waals surface area contributed by atoms with Crippen molar-refractivity contribution >= 4 is 35.1 Å². The summed E-state index contributed by atoms with van der Waals surface area (Å²) in [5.74, 6) is 0.574. The molecule has 1 N–H and O–H groups in total. The van der Waals surface area contributed by atoms with Gasteiger partial charge in [0.05, 0.1) is 6.10 Å². The lowest BCUT2D eigenvalue weighted by Gasteiger charge is -2.34. The van der Waals surface area contributed by atoms with Crippen molar-refractivity contribution in [3.05, 3.63) is 34.6 Å². The molecule has 2 rings (SSSR count). The lowest BCUT2D eigenvalue weighted by Crippen LogP contribution is -2.35. The molecule has 0 aromatic heterocycles. The Morgan fingerprint density at radius 2 is 2.16 bits per heavy atom. The minimum atomic E-state index is -0.554. The Balaban J connectivity index is 2.03. The molecule has 0 spiro atoms. The standard InChI is InChI=1S/C14H18ClFOS2/c1-8-9(2)19-14(7-18-8)13(17)6-10-11(15)4-3-5-12(10)16/h3-5,8-9,13-14,17H,6-7H2,1-2H3. The minimum Gasteiger partial charge on any atom is -0.392 e. The van der Waals surface area contributed by atoms with Gasteiger partial charge in [0.25, 0.3) is 0 Å². The molecule has 106 valence electrons. The second-order valence-corrected chi connectivity index (χ2v) is 8.33. The van der Waals surface area contributed by atoms with Crippen LogP contribution >= 0.6 is 35.1 Å². The van der Waals surface area contributed by atoms with E-state index < -0.39 is 6.10 Å². The van der Waals surface area contributed by atoms with Crippen LogP contribution in [0.1, 0.15) is 19.4 Å². The van der Waals surface area contributed by atoms with Gasteiger partial charge in [-0.3, -0.25) is 0 Å². The molecule has 1 heterocycles. The molecule has 1 fully saturated rings. The van der Waals surface area contributed by atoms with Gasteiger partial charge in [0.2, 0.25) is 0 Å². The van der Waals surface area contributed by atoms with Crippen LogP contribution in [-0.4, -0.2) is 32.7 Å². The van der Waals surface area contributed by atoms with Crippen molar-refractivity contribution in [2.24, 2.45) is 0 Å². The molecule has 1 aliphatic heterocycles. The molecule has 0 aliphatic carbocycles. The number of halogens is 2. The van der Waals surface area contributed by atoms with Gasteiger partial charge in [-0.15, -0.1) is 0 Å². The molecule has 5 heteroatoms. The van der Waals surface area contributed by atoms with Crippen LogP contribution in [0.25, 0.3) is 0 Å². The van der Waals surface area contributed by atoms with Gasteiger partial charge in [0, 0.05) is 38.5 Å². The molecule has 0 saturated carbocycles. The topological polar surface area (TPSA) is 20.2 Å². The molecule has 1 aromatic carbocycles. The smallest absolute Gasteiger partial charge is 0.127 e. The summed E-state index contributed by atoms with van der Waals surface area (Å²) < 4.78 is 13.7. The lowest BCUT2D eigenvalue weighted by molar-refractivity contribution is 0.176. The first-order valence-electron chi connectivity index (χ1n) is 6.37. The van der Waals surface area contributed by atoms with E-state index in [-0.39, 0.29) is 17.5 Å². The van der Waals surface area contributed by atoms with Crippen molar-refractivity contribution in [2.75, 3.05) is 5.75 Å². The SMILES string of the molecule is CC1SCC(C(O)Cc2c(F)cccc2Cl)SC1C. The Morgan fingerprint density at radius 3 is 2.79 bits per heavy atom. The van der Waals surface area contributed by atoms with E-state index in [1.165, 1.54) is 6.07 Å². The summed E-state index contributed by atoms with van der Waals surface area (Å²) in [6, 6.07) is 4.64. The van der Waals surface area contributed by atoms with Crippen molar-refractivity contribution in [2.45, 2.75) is 42.1 Å². The molecule has 0 amide bonds. The third kappa shape index (κ3) is 3.81. The van der Waals surface area contributed by atoms with Crippen LogP contribution in [0.2, 0.25) is 5.02 Å². The average Bonchev–Trinajstić information content (AvgIpc) is 2.37. The van der Waals surface area contributed by atoms with Crippen LogP contribution in [0, 0.1) is 5.82 Å². The third-order valence-corrected chi connectivity index (χ3v) is 7.37. The van der Waals surface area contributed by atoms with E-state index in [0.29, 0.717) is 21.1 Å². The monoisotopic (exact) mass is 320 g/mol. The molecule has 0 bridgehead atoms. The average molecular weight is 321 g/mol. The Bertz CT molecular complexity index is 423. The minimum absolute atomic E-state index is 0.145. The van der Waals surface area contributed by atoms with Gasteiger partial charge in [-0.1, -0.05) is 31.5 Å². The zero-order chi connectivity index (χ0) is 14.0. The highest BCUT2D eigenvalue weighted by Gasteiger charge is 2.31. The maximum Gasteiger partial charge on any atom is 0.127 e. The van der Waals surface area contributed by atoms with Crippen LogP contribution in [-0.2, 0) is 6.42 Å². The fraction of sp³-hybridized carbons (Fsp3) is 0.571. The molecule has 1 aromatic rings. The summed E-state index contributed by atoms with van der Waals surface area (Å²) in [5.41, 5.74) is 0.425. The number of hydrogen-bond donors (Lipinski definition) is 1. The van der Waals surface area contributed by atoms with E-state index in [1.54, 1.807) is 23.9 Å². The number of aliphatic hydroxyl groups excluding tert-OH is 1. The van der Waals surface area contributed by atoms with Gasteiger partial charge in [0.1, 0.15) is 5.82 Å². The van der Waals surface area contributed by atoms with E-state index >= 15 is 0 Å². The molecule has 4 atom stereocenters. The molecular weight excluding hydrogens is 303 g/mol. The van der Waals surface area contributed by atoms with Crippen molar-refractivity contribution in [3.8, 4) is 0 Å². The van der Waals surface area contributed by atoms with Crippen LogP contribution in [0.5, 0.6) is 0 Å². The van der Waals surface area contributed by atoms with E-state index in [1.807, 2.05) is 11.8 Å². The second-order valence-electron chi connectivity index (χ2n) is 4.89. The van der Waals surface area contributed by atoms with Crippen LogP contribution in [0.3, 0.4) is 0 Å². The van der Waals surface area contributed by atoms with Gasteiger partial charge in [-0.25, -0.2) is 4.39 Å². The van der Waals surface area contributed by atoms with Gasteiger partial charge in [-0.2, -0.15) is 23.5 Å². The molecule has 1 nitrogen and oxygen atoms in total. The first kappa shape index (κ1) is 15.5. The summed E-state index contributed by atoms with van der Waals surface area (Å²) in [6.07, 6.45) is -0.271. The molecule has 1 aliphatic rings. The summed E-state index contributed by atoms with van der Waals surface area (Å²) in [7, 11) is 0. The van der Waals surface area contributed by atoms with Crippen molar-refractivity contribution in [1.82, 2.24) is 0 Å².